The zero-order valence-electron chi connectivity index (χ0n) is 24.2. The number of carboxylic acids is 4. The third-order valence-electron chi connectivity index (χ3n) is 2.63. The molecule has 0 saturated carbocycles. The first kappa shape index (κ1) is 43.7. The fourth-order valence-corrected chi connectivity index (χ4v) is 1.76. The number of rotatable bonds is 10. The quantitative estimate of drug-likeness (QED) is 0.199. The Balaban J connectivity index is -0.000000161. The van der Waals surface area contributed by atoms with Crippen LogP contribution < -0.4 is 11.1 Å². The predicted octanol–water partition coefficient (Wildman–Crippen LogP) is -1.14. The normalized spacial score (nSPS) is 11.0. The highest BCUT2D eigenvalue weighted by Crippen LogP contribution is 2.22. The van der Waals surface area contributed by atoms with E-state index in [4.69, 9.17) is 26.2 Å². The lowest BCUT2D eigenvalue weighted by atomic mass is 9.82. The first-order chi connectivity index (χ1) is 16.0. The topological polar surface area (TPSA) is 200 Å². The van der Waals surface area contributed by atoms with Crippen LogP contribution in [0.5, 0.6) is 0 Å². The summed E-state index contributed by atoms with van der Waals surface area (Å²) in [5.41, 5.74) is 3.71. The van der Waals surface area contributed by atoms with Crippen LogP contribution in [-0.4, -0.2) is 167 Å². The van der Waals surface area contributed by atoms with Crippen LogP contribution in [-0.2, 0) is 19.2 Å². The summed E-state index contributed by atoms with van der Waals surface area (Å²) < 4.78 is 0. The molecule has 0 aromatic heterocycles. The SMILES string of the molecule is CN(C)C.CN(C)C.CN(C)C.CN(C)C.NC(CC(=O)O)C(CC(=O)O)(CC(=O)O)NCC(=O)O. The van der Waals surface area contributed by atoms with Gasteiger partial charge in [0.15, 0.2) is 0 Å². The van der Waals surface area contributed by atoms with Crippen molar-refractivity contribution in [3.63, 3.8) is 0 Å². The molecule has 1 atom stereocenters. The van der Waals surface area contributed by atoms with Crippen LogP contribution in [0.4, 0.5) is 0 Å². The van der Waals surface area contributed by atoms with E-state index in [1.165, 1.54) is 0 Å². The lowest BCUT2D eigenvalue weighted by Crippen LogP contribution is -2.61. The number of hydrogen-bond donors (Lipinski definition) is 6. The fraction of sp³-hybridized carbons (Fsp3) is 0.818. The number of aliphatic carboxylic acids is 4. The van der Waals surface area contributed by atoms with Crippen molar-refractivity contribution < 1.29 is 39.6 Å². The van der Waals surface area contributed by atoms with Crippen molar-refractivity contribution in [1.82, 2.24) is 24.9 Å². The van der Waals surface area contributed by atoms with Gasteiger partial charge in [-0.2, -0.15) is 0 Å². The van der Waals surface area contributed by atoms with Gasteiger partial charge in [0.05, 0.1) is 31.3 Å². The molecule has 0 aromatic rings. The van der Waals surface area contributed by atoms with E-state index in [1.54, 1.807) is 0 Å². The van der Waals surface area contributed by atoms with Gasteiger partial charge >= 0.3 is 23.9 Å². The maximum Gasteiger partial charge on any atom is 0.317 e. The average Bonchev–Trinajstić information content (AvgIpc) is 2.56. The molecular weight excluding hydrogens is 476 g/mol. The molecule has 0 amide bonds. The third-order valence-corrected chi connectivity index (χ3v) is 2.63. The monoisotopic (exact) mass is 528 g/mol. The summed E-state index contributed by atoms with van der Waals surface area (Å²) in [5.74, 6) is -5.56. The van der Waals surface area contributed by atoms with Crippen molar-refractivity contribution in [2.45, 2.75) is 30.8 Å². The number of nitrogens with two attached hydrogens (primary N) is 1. The summed E-state index contributed by atoms with van der Waals surface area (Å²) in [5, 5.41) is 37.2. The number of nitrogens with one attached hydrogen (secondary N) is 1. The molecule has 0 heterocycles. The Kier molecular flexibility index (Phi) is 31.2. The number of nitrogens with zero attached hydrogens (tertiary/aromatic N) is 4. The molecule has 0 aliphatic rings. The average molecular weight is 529 g/mol. The van der Waals surface area contributed by atoms with E-state index in [0.717, 1.165) is 0 Å². The molecule has 36 heavy (non-hydrogen) atoms. The highest BCUT2D eigenvalue weighted by Gasteiger charge is 2.42. The van der Waals surface area contributed by atoms with Gasteiger partial charge in [0.2, 0.25) is 0 Å². The highest BCUT2D eigenvalue weighted by atomic mass is 16.4. The molecule has 0 fully saturated rings. The highest BCUT2D eigenvalue weighted by molar-refractivity contribution is 5.75. The van der Waals surface area contributed by atoms with Gasteiger partial charge in [-0.15, -0.1) is 0 Å². The molecule has 14 heteroatoms. The summed E-state index contributed by atoms with van der Waals surface area (Å²) in [4.78, 5) is 50.9. The van der Waals surface area contributed by atoms with E-state index in [-0.39, 0.29) is 0 Å². The van der Waals surface area contributed by atoms with Crippen LogP contribution in [0.1, 0.15) is 19.3 Å². The van der Waals surface area contributed by atoms with Crippen LogP contribution in [0.2, 0.25) is 0 Å². The molecular formula is C22H52N6O8. The second-order valence-corrected chi connectivity index (χ2v) is 9.62. The van der Waals surface area contributed by atoms with Crippen molar-refractivity contribution in [2.24, 2.45) is 5.73 Å². The summed E-state index contributed by atoms with van der Waals surface area (Å²) >= 11 is 0. The minimum absolute atomic E-state index is 0.701. The molecule has 7 N–H and O–H groups in total. The molecule has 14 nitrogen and oxygen atoms in total. The van der Waals surface area contributed by atoms with E-state index < -0.39 is 61.3 Å². The Morgan fingerprint density at radius 3 is 1.03 bits per heavy atom. The van der Waals surface area contributed by atoms with Crippen LogP contribution in [0, 0.1) is 0 Å². The van der Waals surface area contributed by atoms with Gasteiger partial charge in [-0.3, -0.25) is 24.5 Å². The van der Waals surface area contributed by atoms with Gasteiger partial charge in [0, 0.05) is 6.04 Å². The van der Waals surface area contributed by atoms with Gasteiger partial charge in [0.1, 0.15) is 0 Å². The van der Waals surface area contributed by atoms with E-state index in [0.29, 0.717) is 0 Å². The van der Waals surface area contributed by atoms with Gasteiger partial charge in [-0.1, -0.05) is 0 Å². The van der Waals surface area contributed by atoms with Crippen LogP contribution in [0.15, 0.2) is 0 Å². The molecule has 0 bridgehead atoms. The van der Waals surface area contributed by atoms with E-state index in [2.05, 4.69) is 5.32 Å². The number of carbonyl (C=O) groups is 4. The van der Waals surface area contributed by atoms with Gasteiger partial charge in [0.25, 0.3) is 0 Å². The van der Waals surface area contributed by atoms with Gasteiger partial charge in [-0.25, -0.2) is 0 Å². The Morgan fingerprint density at radius 1 is 0.611 bits per heavy atom. The second kappa shape index (κ2) is 25.7. The summed E-state index contributed by atoms with van der Waals surface area (Å²) in [6, 6.07) is -1.38. The lowest BCUT2D eigenvalue weighted by Gasteiger charge is -2.36. The van der Waals surface area contributed by atoms with Crippen molar-refractivity contribution in [1.29, 1.82) is 0 Å². The standard InChI is InChI=1S/C10H16N2O8.4C3H9N/c11-5(1-6(13)14)10(2-7(15)16,3-8(17)18)12-4-9(19)20;4*1-4(2)3/h5,12H,1-4,11H2,(H,13,14)(H,15,16)(H,17,18)(H,19,20);4*1-3H3. The largest absolute Gasteiger partial charge is 0.481 e. The Hall–Kier alpha value is -2.36. The maximum absolute atomic E-state index is 10.8. The first-order valence-electron chi connectivity index (χ1n) is 10.8. The second-order valence-electron chi connectivity index (χ2n) is 9.62. The summed E-state index contributed by atoms with van der Waals surface area (Å²) in [6.07, 6.45) is -2.34. The van der Waals surface area contributed by atoms with Crippen molar-refractivity contribution in [2.75, 3.05) is 91.1 Å². The minimum atomic E-state index is -1.87. The number of hydrogen-bond acceptors (Lipinski definition) is 10. The molecule has 0 aliphatic carbocycles. The molecule has 0 spiro atoms. The zero-order valence-corrected chi connectivity index (χ0v) is 24.2. The van der Waals surface area contributed by atoms with E-state index >= 15 is 0 Å². The minimum Gasteiger partial charge on any atom is -0.481 e. The predicted molar refractivity (Wildman–Crippen MR) is 142 cm³/mol. The van der Waals surface area contributed by atoms with E-state index in [9.17, 15) is 19.2 Å². The molecule has 0 radical (unpaired) electrons. The zero-order chi connectivity index (χ0) is 30.2. The molecule has 0 rings (SSSR count). The Morgan fingerprint density at radius 2 is 0.861 bits per heavy atom. The van der Waals surface area contributed by atoms with Crippen molar-refractivity contribution in [3.05, 3.63) is 0 Å². The van der Waals surface area contributed by atoms with Crippen molar-refractivity contribution >= 4 is 23.9 Å². The Labute approximate surface area is 216 Å². The fourth-order valence-electron chi connectivity index (χ4n) is 1.76. The molecule has 1 unspecified atom stereocenters. The molecule has 0 saturated heterocycles. The number of carboxylic acid groups (broad SMARTS) is 4. The molecule has 218 valence electrons. The smallest absolute Gasteiger partial charge is 0.317 e. The van der Waals surface area contributed by atoms with Crippen LogP contribution >= 0.6 is 0 Å². The molecule has 0 aromatic carbocycles. The Bertz CT molecular complexity index is 536. The maximum atomic E-state index is 10.8. The summed E-state index contributed by atoms with van der Waals surface area (Å²) in [7, 11) is 24.0. The van der Waals surface area contributed by atoms with Gasteiger partial charge in [-0.05, 0) is 84.6 Å². The van der Waals surface area contributed by atoms with Crippen LogP contribution in [0.25, 0.3) is 0 Å². The van der Waals surface area contributed by atoms with Crippen LogP contribution in [0.3, 0.4) is 0 Å². The van der Waals surface area contributed by atoms with Gasteiger partial charge < -0.3 is 45.8 Å². The summed E-state index contributed by atoms with van der Waals surface area (Å²) in [6.45, 7) is -0.742. The third kappa shape index (κ3) is 53.2. The first-order valence-corrected chi connectivity index (χ1v) is 10.8. The van der Waals surface area contributed by atoms with Crippen molar-refractivity contribution in [3.8, 4) is 0 Å². The lowest BCUT2D eigenvalue weighted by molar-refractivity contribution is -0.146. The molecule has 0 aliphatic heterocycles. The van der Waals surface area contributed by atoms with E-state index in [1.807, 2.05) is 104 Å².